The van der Waals surface area contributed by atoms with Crippen molar-refractivity contribution < 1.29 is 27.1 Å². The lowest BCUT2D eigenvalue weighted by Gasteiger charge is -2.15. The van der Waals surface area contributed by atoms with E-state index >= 15 is 0 Å². The van der Waals surface area contributed by atoms with Gasteiger partial charge in [-0.25, -0.2) is 13.6 Å². The molecule has 2 rings (SSSR count). The number of carbonyl (C=O) groups excluding carboxylic acids is 1. The molecule has 3 nitrogen and oxygen atoms in total. The summed E-state index contributed by atoms with van der Waals surface area (Å²) in [5.74, 6) is -5.45. The van der Waals surface area contributed by atoms with E-state index in [0.717, 1.165) is 30.4 Å². The first-order valence-electron chi connectivity index (χ1n) is 8.72. The van der Waals surface area contributed by atoms with E-state index in [1.54, 1.807) is 18.3 Å². The van der Waals surface area contributed by atoms with Gasteiger partial charge < -0.3 is 4.74 Å². The maximum absolute atomic E-state index is 12.8. The van der Waals surface area contributed by atoms with Crippen LogP contribution in [0.15, 0.2) is 42.6 Å². The summed E-state index contributed by atoms with van der Waals surface area (Å²) in [6.45, 7) is 0.484. The van der Waals surface area contributed by atoms with E-state index in [4.69, 9.17) is 0 Å². The summed E-state index contributed by atoms with van der Waals surface area (Å²) < 4.78 is 54.0. The number of hydrogen-bond donors (Lipinski definition) is 0. The molecule has 0 atom stereocenters. The van der Waals surface area contributed by atoms with Crippen LogP contribution in [0.4, 0.5) is 17.6 Å². The van der Waals surface area contributed by atoms with Gasteiger partial charge in [0.05, 0.1) is 11.3 Å². The number of ether oxygens (including phenoxy) is 1. The second-order valence-electron chi connectivity index (χ2n) is 6.22. The molecule has 146 valence electrons. The summed E-state index contributed by atoms with van der Waals surface area (Å²) in [6, 6.07) is 9.83. The molecule has 0 spiro atoms. The van der Waals surface area contributed by atoms with Gasteiger partial charge in [0.1, 0.15) is 0 Å². The van der Waals surface area contributed by atoms with Crippen LogP contribution in [0.1, 0.15) is 42.1 Å². The molecular weight excluding hydrogens is 362 g/mol. The van der Waals surface area contributed by atoms with Gasteiger partial charge >= 0.3 is 18.3 Å². The molecule has 1 aromatic heterocycles. The summed E-state index contributed by atoms with van der Waals surface area (Å²) in [5.41, 5.74) is 2.59. The first kappa shape index (κ1) is 20.9. The predicted octanol–water partition coefficient (Wildman–Crippen LogP) is 5.54. The third-order valence-corrected chi connectivity index (χ3v) is 4.03. The molecule has 0 saturated carbocycles. The zero-order chi connectivity index (χ0) is 19.9. The van der Waals surface area contributed by atoms with Gasteiger partial charge in [-0.3, -0.25) is 4.98 Å². The minimum Gasteiger partial charge on any atom is -0.455 e. The number of esters is 1. The van der Waals surface area contributed by atoms with E-state index in [9.17, 15) is 22.4 Å². The number of hydrogen-bond acceptors (Lipinski definition) is 3. The molecule has 0 fully saturated rings. The van der Waals surface area contributed by atoms with Gasteiger partial charge in [0.2, 0.25) is 0 Å². The number of aryl methyl sites for hydroxylation is 1. The zero-order valence-corrected chi connectivity index (χ0v) is 14.9. The average molecular weight is 383 g/mol. The summed E-state index contributed by atoms with van der Waals surface area (Å²) in [7, 11) is 0. The topological polar surface area (TPSA) is 39.2 Å². The van der Waals surface area contributed by atoms with Crippen molar-refractivity contribution in [3.8, 4) is 11.3 Å². The monoisotopic (exact) mass is 383 g/mol. The maximum atomic E-state index is 12.8. The van der Waals surface area contributed by atoms with E-state index in [2.05, 4.69) is 16.6 Å². The highest BCUT2D eigenvalue weighted by Gasteiger charge is 2.42. The van der Waals surface area contributed by atoms with Crippen LogP contribution in [0.3, 0.4) is 0 Å². The van der Waals surface area contributed by atoms with Crippen LogP contribution in [-0.2, 0) is 11.2 Å². The lowest BCUT2D eigenvalue weighted by Crippen LogP contribution is -2.33. The summed E-state index contributed by atoms with van der Waals surface area (Å²) in [5, 5.41) is 0. The van der Waals surface area contributed by atoms with E-state index in [0.29, 0.717) is 5.69 Å². The SMILES string of the molecule is CCCCCc1ccc(-c2ccc(C(=O)OCC(F)(F)C(F)F)cc2)nc1. The highest BCUT2D eigenvalue weighted by molar-refractivity contribution is 5.90. The Morgan fingerprint density at radius 3 is 2.37 bits per heavy atom. The Morgan fingerprint density at radius 2 is 1.81 bits per heavy atom. The first-order valence-corrected chi connectivity index (χ1v) is 8.72. The third kappa shape index (κ3) is 6.05. The van der Waals surface area contributed by atoms with Crippen molar-refractivity contribution in [2.75, 3.05) is 6.61 Å². The lowest BCUT2D eigenvalue weighted by molar-refractivity contribution is -0.155. The Hall–Kier alpha value is -2.44. The van der Waals surface area contributed by atoms with Crippen molar-refractivity contribution in [1.82, 2.24) is 4.98 Å². The van der Waals surface area contributed by atoms with Crippen molar-refractivity contribution in [3.05, 3.63) is 53.7 Å². The molecule has 0 bridgehead atoms. The minimum atomic E-state index is -4.36. The van der Waals surface area contributed by atoms with Crippen molar-refractivity contribution >= 4 is 5.97 Å². The van der Waals surface area contributed by atoms with Gasteiger partial charge in [-0.15, -0.1) is 0 Å². The Kier molecular flexibility index (Phi) is 7.33. The van der Waals surface area contributed by atoms with Gasteiger partial charge in [-0.2, -0.15) is 8.78 Å². The van der Waals surface area contributed by atoms with E-state index in [1.807, 2.05) is 12.1 Å². The Labute approximate surface area is 155 Å². The van der Waals surface area contributed by atoms with Crippen molar-refractivity contribution in [1.29, 1.82) is 0 Å². The molecule has 0 aliphatic rings. The normalized spacial score (nSPS) is 11.6. The highest BCUT2D eigenvalue weighted by atomic mass is 19.3. The molecule has 0 N–H and O–H groups in total. The molecule has 1 heterocycles. The number of carbonyl (C=O) groups is 1. The Bertz CT molecular complexity index is 731. The molecule has 7 heteroatoms. The zero-order valence-electron chi connectivity index (χ0n) is 14.9. The fraction of sp³-hybridized carbons (Fsp3) is 0.400. The largest absolute Gasteiger partial charge is 0.455 e. The molecule has 0 aliphatic heterocycles. The van der Waals surface area contributed by atoms with Crippen LogP contribution < -0.4 is 0 Å². The lowest BCUT2D eigenvalue weighted by atomic mass is 10.1. The highest BCUT2D eigenvalue weighted by Crippen LogP contribution is 2.24. The van der Waals surface area contributed by atoms with Crippen molar-refractivity contribution in [3.63, 3.8) is 0 Å². The first-order chi connectivity index (χ1) is 12.8. The number of nitrogens with zero attached hydrogens (tertiary/aromatic N) is 1. The summed E-state index contributed by atoms with van der Waals surface area (Å²) >= 11 is 0. The molecular formula is C20H21F4NO2. The van der Waals surface area contributed by atoms with E-state index in [-0.39, 0.29) is 5.56 Å². The van der Waals surface area contributed by atoms with Gasteiger partial charge in [0.25, 0.3) is 0 Å². The summed E-state index contributed by atoms with van der Waals surface area (Å²) in [4.78, 5) is 16.1. The number of aromatic nitrogens is 1. The van der Waals surface area contributed by atoms with Gasteiger partial charge in [0, 0.05) is 11.8 Å². The smallest absolute Gasteiger partial charge is 0.340 e. The molecule has 0 aliphatic carbocycles. The van der Waals surface area contributed by atoms with Crippen LogP contribution in [0.25, 0.3) is 11.3 Å². The van der Waals surface area contributed by atoms with Crippen molar-refractivity contribution in [2.45, 2.75) is 45.0 Å². The van der Waals surface area contributed by atoms with Gasteiger partial charge in [0.15, 0.2) is 6.61 Å². The fourth-order valence-electron chi connectivity index (χ4n) is 2.41. The number of alkyl halides is 4. The van der Waals surface area contributed by atoms with Crippen LogP contribution in [0.5, 0.6) is 0 Å². The second kappa shape index (κ2) is 9.48. The minimum absolute atomic E-state index is 0.00000194. The third-order valence-electron chi connectivity index (χ3n) is 4.03. The van der Waals surface area contributed by atoms with Crippen LogP contribution in [0, 0.1) is 0 Å². The number of rotatable bonds is 9. The van der Waals surface area contributed by atoms with Crippen LogP contribution >= 0.6 is 0 Å². The molecule has 0 saturated heterocycles. The Balaban J connectivity index is 1.97. The number of halogens is 4. The summed E-state index contributed by atoms with van der Waals surface area (Å²) in [6.07, 6.45) is 2.32. The average Bonchev–Trinajstić information content (AvgIpc) is 2.67. The number of unbranched alkanes of at least 4 members (excludes halogenated alkanes) is 2. The predicted molar refractivity (Wildman–Crippen MR) is 94.1 cm³/mol. The van der Waals surface area contributed by atoms with Crippen LogP contribution in [-0.4, -0.2) is 29.9 Å². The maximum Gasteiger partial charge on any atom is 0.340 e. The van der Waals surface area contributed by atoms with Crippen molar-refractivity contribution in [2.24, 2.45) is 0 Å². The van der Waals surface area contributed by atoms with E-state index in [1.165, 1.54) is 18.6 Å². The van der Waals surface area contributed by atoms with E-state index < -0.39 is 24.9 Å². The fourth-order valence-corrected chi connectivity index (χ4v) is 2.41. The number of pyridine rings is 1. The Morgan fingerprint density at radius 1 is 1.11 bits per heavy atom. The standard InChI is InChI=1S/C20H21F4NO2/c1-2-3-4-5-14-6-11-17(25-12-14)15-7-9-16(10-8-15)18(26)27-13-20(23,24)19(21)22/h6-12,19H,2-5,13H2,1H3. The molecule has 0 radical (unpaired) electrons. The quantitative estimate of drug-likeness (QED) is 0.324. The number of benzene rings is 1. The second-order valence-corrected chi connectivity index (χ2v) is 6.22. The molecule has 0 unspecified atom stereocenters. The molecule has 0 amide bonds. The van der Waals surface area contributed by atoms with Gasteiger partial charge in [-0.05, 0) is 36.6 Å². The molecule has 27 heavy (non-hydrogen) atoms. The van der Waals surface area contributed by atoms with Crippen LogP contribution in [0.2, 0.25) is 0 Å². The molecule has 2 aromatic rings. The van der Waals surface area contributed by atoms with Gasteiger partial charge in [-0.1, -0.05) is 38.0 Å². The molecule has 1 aromatic carbocycles.